The lowest BCUT2D eigenvalue weighted by atomic mass is 9.86. The van der Waals surface area contributed by atoms with E-state index in [0.29, 0.717) is 0 Å². The second-order valence-corrected chi connectivity index (χ2v) is 6.90. The summed E-state index contributed by atoms with van der Waals surface area (Å²) in [5.41, 5.74) is 5.66. The molecule has 0 aromatic heterocycles. The van der Waals surface area contributed by atoms with E-state index < -0.39 is 0 Å². The Kier molecular flexibility index (Phi) is 4.28. The van der Waals surface area contributed by atoms with Gasteiger partial charge in [-0.15, -0.1) is 0 Å². The van der Waals surface area contributed by atoms with Gasteiger partial charge in [0.05, 0.1) is 0 Å². The van der Waals surface area contributed by atoms with Crippen LogP contribution in [0.15, 0.2) is 72.8 Å². The number of benzene rings is 4. The molecule has 124 valence electrons. The van der Waals surface area contributed by atoms with Gasteiger partial charge in [0.2, 0.25) is 0 Å². The summed E-state index contributed by atoms with van der Waals surface area (Å²) in [4.78, 5) is 0. The summed E-state index contributed by atoms with van der Waals surface area (Å²) >= 11 is 0. The minimum atomic E-state index is 1.14. The van der Waals surface area contributed by atoms with Crippen molar-refractivity contribution in [2.75, 3.05) is 0 Å². The monoisotopic (exact) mass is 324 g/mol. The van der Waals surface area contributed by atoms with Crippen molar-refractivity contribution in [2.45, 2.75) is 33.1 Å². The summed E-state index contributed by atoms with van der Waals surface area (Å²) in [7, 11) is 0. The lowest BCUT2D eigenvalue weighted by Crippen LogP contribution is -1.95. The average molecular weight is 324 g/mol. The zero-order chi connectivity index (χ0) is 17.2. The number of fused-ring (bicyclic) bond motifs is 2. The van der Waals surface area contributed by atoms with Crippen molar-refractivity contribution >= 4 is 21.5 Å². The molecule has 0 aliphatic heterocycles. The molecule has 0 amide bonds. The predicted molar refractivity (Wildman–Crippen MR) is 110 cm³/mol. The van der Waals surface area contributed by atoms with Crippen LogP contribution in [0.2, 0.25) is 0 Å². The van der Waals surface area contributed by atoms with Crippen molar-refractivity contribution in [3.05, 3.63) is 83.9 Å². The number of unbranched alkanes of at least 4 members (excludes halogenated alkanes) is 1. The topological polar surface area (TPSA) is 0 Å². The standard InChI is InChI=1S/C25H24/c1-3-4-9-21-17-16-20-11-6-8-13-23(20)25(21)24-18(2)14-15-19-10-5-7-12-22(19)24/h5-8,10-17H,3-4,9H2,1-2H3. The lowest BCUT2D eigenvalue weighted by Gasteiger charge is -2.18. The van der Waals surface area contributed by atoms with Crippen LogP contribution in [0.3, 0.4) is 0 Å². The summed E-state index contributed by atoms with van der Waals surface area (Å²) in [5, 5.41) is 5.37. The van der Waals surface area contributed by atoms with E-state index in [9.17, 15) is 0 Å². The Bertz CT molecular complexity index is 1040. The predicted octanol–water partition coefficient (Wildman–Crippen LogP) is 7.31. The molecule has 4 aromatic rings. The first kappa shape index (κ1) is 15.9. The zero-order valence-electron chi connectivity index (χ0n) is 15.0. The number of hydrogen-bond acceptors (Lipinski definition) is 0. The molecule has 0 N–H and O–H groups in total. The number of aryl methyl sites for hydroxylation is 2. The lowest BCUT2D eigenvalue weighted by molar-refractivity contribution is 0.797. The summed E-state index contributed by atoms with van der Waals surface area (Å²) in [6.07, 6.45) is 3.59. The first-order chi connectivity index (χ1) is 12.3. The Morgan fingerprint density at radius 3 is 1.92 bits per heavy atom. The second-order valence-electron chi connectivity index (χ2n) is 6.90. The Hall–Kier alpha value is -2.60. The van der Waals surface area contributed by atoms with Gasteiger partial charge in [-0.1, -0.05) is 86.1 Å². The molecule has 0 aliphatic rings. The van der Waals surface area contributed by atoms with Crippen LogP contribution in [-0.4, -0.2) is 0 Å². The molecule has 0 aliphatic carbocycles. The molecule has 0 atom stereocenters. The van der Waals surface area contributed by atoms with Crippen molar-refractivity contribution in [3.63, 3.8) is 0 Å². The van der Waals surface area contributed by atoms with E-state index in [0.717, 1.165) is 6.42 Å². The maximum absolute atomic E-state index is 2.34. The number of rotatable bonds is 4. The van der Waals surface area contributed by atoms with Crippen LogP contribution >= 0.6 is 0 Å². The fraction of sp³-hybridized carbons (Fsp3) is 0.200. The summed E-state index contributed by atoms with van der Waals surface area (Å²) in [6, 6.07) is 26.7. The minimum absolute atomic E-state index is 1.14. The van der Waals surface area contributed by atoms with Gasteiger partial charge in [-0.3, -0.25) is 0 Å². The Balaban J connectivity index is 2.11. The third-order valence-corrected chi connectivity index (χ3v) is 5.20. The first-order valence-corrected chi connectivity index (χ1v) is 9.29. The molecule has 0 fully saturated rings. The van der Waals surface area contributed by atoms with Gasteiger partial charge >= 0.3 is 0 Å². The molecule has 25 heavy (non-hydrogen) atoms. The zero-order valence-corrected chi connectivity index (χ0v) is 15.0. The van der Waals surface area contributed by atoms with Crippen LogP contribution in [0.4, 0.5) is 0 Å². The summed E-state index contributed by atoms with van der Waals surface area (Å²) in [6.45, 7) is 4.51. The van der Waals surface area contributed by atoms with Gasteiger partial charge in [0.25, 0.3) is 0 Å². The molecule has 0 unspecified atom stereocenters. The SMILES string of the molecule is CCCCc1ccc2ccccc2c1-c1c(C)ccc2ccccc12. The first-order valence-electron chi connectivity index (χ1n) is 9.29. The maximum atomic E-state index is 2.34. The Morgan fingerprint density at radius 1 is 0.640 bits per heavy atom. The fourth-order valence-corrected chi connectivity index (χ4v) is 3.90. The highest BCUT2D eigenvalue weighted by Gasteiger charge is 2.14. The smallest absolute Gasteiger partial charge is 0.00644 e. The van der Waals surface area contributed by atoms with Crippen molar-refractivity contribution < 1.29 is 0 Å². The summed E-state index contributed by atoms with van der Waals surface area (Å²) < 4.78 is 0. The van der Waals surface area contributed by atoms with Crippen LogP contribution in [0.1, 0.15) is 30.9 Å². The van der Waals surface area contributed by atoms with Crippen LogP contribution in [0.25, 0.3) is 32.7 Å². The van der Waals surface area contributed by atoms with Gasteiger partial charge in [0.1, 0.15) is 0 Å². The Morgan fingerprint density at radius 2 is 1.24 bits per heavy atom. The van der Waals surface area contributed by atoms with Crippen molar-refractivity contribution in [1.29, 1.82) is 0 Å². The molecule has 0 spiro atoms. The minimum Gasteiger partial charge on any atom is -0.0654 e. The van der Waals surface area contributed by atoms with Crippen molar-refractivity contribution in [1.82, 2.24) is 0 Å². The average Bonchev–Trinajstić information content (AvgIpc) is 2.66. The molecule has 0 saturated carbocycles. The van der Waals surface area contributed by atoms with Crippen molar-refractivity contribution in [2.24, 2.45) is 0 Å². The molecule has 0 saturated heterocycles. The molecule has 0 nitrogen and oxygen atoms in total. The van der Waals surface area contributed by atoms with Crippen molar-refractivity contribution in [3.8, 4) is 11.1 Å². The molecular weight excluding hydrogens is 300 g/mol. The highest BCUT2D eigenvalue weighted by atomic mass is 14.2. The van der Waals surface area contributed by atoms with Crippen LogP contribution < -0.4 is 0 Å². The normalized spacial score (nSPS) is 11.3. The van der Waals surface area contributed by atoms with Gasteiger partial charge in [0, 0.05) is 0 Å². The van der Waals surface area contributed by atoms with Gasteiger partial charge in [-0.05, 0) is 63.6 Å². The van der Waals surface area contributed by atoms with E-state index in [1.54, 1.807) is 0 Å². The maximum Gasteiger partial charge on any atom is -0.00644 e. The highest BCUT2D eigenvalue weighted by molar-refractivity contribution is 6.07. The van der Waals surface area contributed by atoms with Gasteiger partial charge < -0.3 is 0 Å². The van der Waals surface area contributed by atoms with Crippen LogP contribution in [0.5, 0.6) is 0 Å². The van der Waals surface area contributed by atoms with Gasteiger partial charge in [-0.2, -0.15) is 0 Å². The molecule has 0 heterocycles. The highest BCUT2D eigenvalue weighted by Crippen LogP contribution is 2.39. The van der Waals surface area contributed by atoms with Crippen LogP contribution in [-0.2, 0) is 6.42 Å². The molecule has 4 aromatic carbocycles. The third-order valence-electron chi connectivity index (χ3n) is 5.20. The molecule has 4 rings (SSSR count). The van der Waals surface area contributed by atoms with Crippen LogP contribution in [0, 0.1) is 6.92 Å². The van der Waals surface area contributed by atoms with E-state index in [1.807, 2.05) is 0 Å². The van der Waals surface area contributed by atoms with Gasteiger partial charge in [0.15, 0.2) is 0 Å². The second kappa shape index (κ2) is 6.72. The molecule has 0 bridgehead atoms. The van der Waals surface area contributed by atoms with Gasteiger partial charge in [-0.25, -0.2) is 0 Å². The molecular formula is C25H24. The Labute approximate surface area is 150 Å². The largest absolute Gasteiger partial charge is 0.0654 e. The fourth-order valence-electron chi connectivity index (χ4n) is 3.90. The molecule has 0 radical (unpaired) electrons. The number of hydrogen-bond donors (Lipinski definition) is 0. The van der Waals surface area contributed by atoms with E-state index in [2.05, 4.69) is 86.6 Å². The summed E-state index contributed by atoms with van der Waals surface area (Å²) in [5.74, 6) is 0. The van der Waals surface area contributed by atoms with E-state index >= 15 is 0 Å². The van der Waals surface area contributed by atoms with E-state index in [-0.39, 0.29) is 0 Å². The molecule has 0 heteroatoms. The quantitative estimate of drug-likeness (QED) is 0.369. The van der Waals surface area contributed by atoms with E-state index in [4.69, 9.17) is 0 Å². The van der Waals surface area contributed by atoms with E-state index in [1.165, 1.54) is 56.6 Å². The third kappa shape index (κ3) is 2.82.